The lowest BCUT2D eigenvalue weighted by Crippen LogP contribution is -2.13. The Morgan fingerprint density at radius 3 is 2.38 bits per heavy atom. The molecule has 0 atom stereocenters. The number of hydrogen-bond acceptors (Lipinski definition) is 3. The molecule has 0 radical (unpaired) electrons. The van der Waals surface area contributed by atoms with Crippen LogP contribution in [0, 0.1) is 11.6 Å². The molecule has 24 heavy (non-hydrogen) atoms. The fourth-order valence-corrected chi connectivity index (χ4v) is 2.22. The number of anilines is 1. The summed E-state index contributed by atoms with van der Waals surface area (Å²) in [5, 5.41) is 2.33. The summed E-state index contributed by atoms with van der Waals surface area (Å²) in [6.45, 7) is 2.03. The van der Waals surface area contributed by atoms with E-state index < -0.39 is 17.5 Å². The quantitative estimate of drug-likeness (QED) is 0.653. The monoisotopic (exact) mass is 353 g/mol. The van der Waals surface area contributed by atoms with E-state index in [9.17, 15) is 18.4 Å². The Balaban J connectivity index is 2.07. The molecule has 4 nitrogen and oxygen atoms in total. The van der Waals surface area contributed by atoms with E-state index in [0.29, 0.717) is 12.3 Å². The van der Waals surface area contributed by atoms with E-state index >= 15 is 0 Å². The predicted molar refractivity (Wildman–Crippen MR) is 86.1 cm³/mol. The van der Waals surface area contributed by atoms with E-state index in [4.69, 9.17) is 16.3 Å². The molecule has 2 rings (SSSR count). The lowest BCUT2D eigenvalue weighted by Gasteiger charge is -2.08. The predicted octanol–water partition coefficient (Wildman–Crippen LogP) is 3.98. The van der Waals surface area contributed by atoms with Crippen molar-refractivity contribution in [1.29, 1.82) is 0 Å². The standard InChI is InChI=1S/C17H14ClF2NO3/c1-2-24-16(22)7-10-3-5-11(6-4-10)21-17(23)12-8-14(19)15(20)9-13(12)18/h3-6,8-9H,2,7H2,1H3,(H,21,23). The number of amides is 1. The van der Waals surface area contributed by atoms with E-state index in [1.165, 1.54) is 0 Å². The topological polar surface area (TPSA) is 55.4 Å². The summed E-state index contributed by atoms with van der Waals surface area (Å²) < 4.78 is 31.1. The molecule has 0 aliphatic heterocycles. The normalized spacial score (nSPS) is 10.3. The molecule has 0 fully saturated rings. The molecule has 0 saturated heterocycles. The number of nitrogens with one attached hydrogen (secondary N) is 1. The highest BCUT2D eigenvalue weighted by Gasteiger charge is 2.15. The number of esters is 1. The highest BCUT2D eigenvalue weighted by molar-refractivity contribution is 6.34. The Bertz CT molecular complexity index is 763. The van der Waals surface area contributed by atoms with Crippen LogP contribution >= 0.6 is 11.6 Å². The summed E-state index contributed by atoms with van der Waals surface area (Å²) in [6.07, 6.45) is 0.122. The van der Waals surface area contributed by atoms with Gasteiger partial charge in [0.25, 0.3) is 5.91 Å². The third kappa shape index (κ3) is 4.52. The first-order valence-electron chi connectivity index (χ1n) is 7.11. The van der Waals surface area contributed by atoms with Gasteiger partial charge in [0.05, 0.1) is 23.6 Å². The Morgan fingerprint density at radius 1 is 1.12 bits per heavy atom. The molecule has 0 saturated carbocycles. The van der Waals surface area contributed by atoms with Gasteiger partial charge in [-0.15, -0.1) is 0 Å². The van der Waals surface area contributed by atoms with Gasteiger partial charge in [0.15, 0.2) is 11.6 Å². The van der Waals surface area contributed by atoms with Crippen molar-refractivity contribution in [1.82, 2.24) is 0 Å². The largest absolute Gasteiger partial charge is 0.466 e. The molecule has 0 unspecified atom stereocenters. The van der Waals surface area contributed by atoms with Crippen molar-refractivity contribution >= 4 is 29.2 Å². The van der Waals surface area contributed by atoms with Gasteiger partial charge in [-0.05, 0) is 36.8 Å². The van der Waals surface area contributed by atoms with Gasteiger partial charge >= 0.3 is 5.97 Å². The molecule has 0 heterocycles. The van der Waals surface area contributed by atoms with Crippen molar-refractivity contribution in [3.63, 3.8) is 0 Å². The van der Waals surface area contributed by atoms with Gasteiger partial charge in [-0.2, -0.15) is 0 Å². The minimum atomic E-state index is -1.16. The summed E-state index contributed by atoms with van der Waals surface area (Å²) in [4.78, 5) is 23.5. The molecule has 2 aromatic carbocycles. The molecule has 1 amide bonds. The number of rotatable bonds is 5. The van der Waals surface area contributed by atoms with Gasteiger partial charge < -0.3 is 10.1 Å². The molecule has 1 N–H and O–H groups in total. The number of halogens is 3. The number of hydrogen-bond donors (Lipinski definition) is 1. The Hall–Kier alpha value is -2.47. The van der Waals surface area contributed by atoms with Gasteiger partial charge in [-0.25, -0.2) is 8.78 Å². The smallest absolute Gasteiger partial charge is 0.310 e. The van der Waals surface area contributed by atoms with Crippen LogP contribution in [0.5, 0.6) is 0 Å². The third-order valence-corrected chi connectivity index (χ3v) is 3.43. The summed E-state index contributed by atoms with van der Waals surface area (Å²) in [5.74, 6) is -3.30. The minimum Gasteiger partial charge on any atom is -0.466 e. The van der Waals surface area contributed by atoms with Crippen molar-refractivity contribution in [2.45, 2.75) is 13.3 Å². The fourth-order valence-electron chi connectivity index (χ4n) is 1.98. The number of benzene rings is 2. The minimum absolute atomic E-state index is 0.122. The second-order valence-corrected chi connectivity index (χ2v) is 5.29. The van der Waals surface area contributed by atoms with Crippen molar-refractivity contribution in [3.8, 4) is 0 Å². The second kappa shape index (κ2) is 7.88. The Labute approximate surface area is 142 Å². The average Bonchev–Trinajstić information content (AvgIpc) is 2.53. The van der Waals surface area contributed by atoms with Crippen molar-refractivity contribution in [2.75, 3.05) is 11.9 Å². The van der Waals surface area contributed by atoms with Crippen LogP contribution in [0.1, 0.15) is 22.8 Å². The first-order chi connectivity index (χ1) is 11.4. The maximum atomic E-state index is 13.2. The molecular formula is C17H14ClF2NO3. The van der Waals surface area contributed by atoms with E-state index in [0.717, 1.165) is 17.7 Å². The molecule has 0 spiro atoms. The second-order valence-electron chi connectivity index (χ2n) is 4.88. The highest BCUT2D eigenvalue weighted by Crippen LogP contribution is 2.21. The van der Waals surface area contributed by atoms with Crippen LogP contribution in [0.25, 0.3) is 0 Å². The van der Waals surface area contributed by atoms with Crippen LogP contribution in [-0.4, -0.2) is 18.5 Å². The summed E-state index contributed by atoms with van der Waals surface area (Å²) in [6, 6.07) is 7.95. The number of carbonyl (C=O) groups is 2. The van der Waals surface area contributed by atoms with Gasteiger partial charge in [-0.3, -0.25) is 9.59 Å². The average molecular weight is 354 g/mol. The zero-order valence-corrected chi connectivity index (χ0v) is 13.5. The first kappa shape index (κ1) is 17.9. The van der Waals surface area contributed by atoms with Crippen LogP contribution in [0.15, 0.2) is 36.4 Å². The highest BCUT2D eigenvalue weighted by atomic mass is 35.5. The van der Waals surface area contributed by atoms with Crippen LogP contribution in [-0.2, 0) is 16.0 Å². The molecule has 0 aliphatic carbocycles. The summed E-state index contributed by atoms with van der Waals surface area (Å²) >= 11 is 5.76. The maximum Gasteiger partial charge on any atom is 0.310 e. The zero-order valence-electron chi connectivity index (χ0n) is 12.7. The summed E-state index contributed by atoms with van der Waals surface area (Å²) in [5.41, 5.74) is 0.969. The van der Waals surface area contributed by atoms with Gasteiger partial charge in [0.2, 0.25) is 0 Å². The molecule has 0 aromatic heterocycles. The van der Waals surface area contributed by atoms with Crippen molar-refractivity contribution in [3.05, 3.63) is 64.2 Å². The zero-order chi connectivity index (χ0) is 17.7. The maximum absolute atomic E-state index is 13.2. The van der Waals surface area contributed by atoms with Gasteiger partial charge in [0, 0.05) is 5.69 Å². The van der Waals surface area contributed by atoms with Crippen LogP contribution in [0.3, 0.4) is 0 Å². The summed E-state index contributed by atoms with van der Waals surface area (Å²) in [7, 11) is 0. The van der Waals surface area contributed by atoms with Gasteiger partial charge in [0.1, 0.15) is 0 Å². The Morgan fingerprint density at radius 2 is 1.75 bits per heavy atom. The van der Waals surface area contributed by atoms with Crippen molar-refractivity contribution in [2.24, 2.45) is 0 Å². The molecule has 0 bridgehead atoms. The molecule has 126 valence electrons. The number of ether oxygens (including phenoxy) is 1. The van der Waals surface area contributed by atoms with Gasteiger partial charge in [-0.1, -0.05) is 23.7 Å². The lowest BCUT2D eigenvalue weighted by atomic mass is 10.1. The molecule has 2 aromatic rings. The molecule has 0 aliphatic rings. The first-order valence-corrected chi connectivity index (χ1v) is 7.49. The van der Waals surface area contributed by atoms with Crippen LogP contribution in [0.4, 0.5) is 14.5 Å². The van der Waals surface area contributed by atoms with E-state index in [1.807, 2.05) is 0 Å². The Kier molecular flexibility index (Phi) is 5.87. The molecular weight excluding hydrogens is 340 g/mol. The number of carbonyl (C=O) groups excluding carboxylic acids is 2. The third-order valence-electron chi connectivity index (χ3n) is 3.12. The van der Waals surface area contributed by atoms with E-state index in [2.05, 4.69) is 5.32 Å². The lowest BCUT2D eigenvalue weighted by molar-refractivity contribution is -0.142. The van der Waals surface area contributed by atoms with E-state index in [-0.39, 0.29) is 23.0 Å². The van der Waals surface area contributed by atoms with E-state index in [1.54, 1.807) is 31.2 Å². The molecule has 7 heteroatoms. The van der Waals surface area contributed by atoms with Crippen LogP contribution in [0.2, 0.25) is 5.02 Å². The SMILES string of the molecule is CCOC(=O)Cc1ccc(NC(=O)c2cc(F)c(F)cc2Cl)cc1. The van der Waals surface area contributed by atoms with Crippen LogP contribution < -0.4 is 5.32 Å². The van der Waals surface area contributed by atoms with Crippen molar-refractivity contribution < 1.29 is 23.1 Å². The fraction of sp³-hybridized carbons (Fsp3) is 0.176.